The summed E-state index contributed by atoms with van der Waals surface area (Å²) in [5.41, 5.74) is 7.58. The Morgan fingerprint density at radius 2 is 1.11 bits per heavy atom. The molecule has 0 unspecified atom stereocenters. The molecule has 3 heterocycles. The Morgan fingerprint density at radius 1 is 0.468 bits per heavy atom. The fraction of sp³-hybridized carbons (Fsp3) is 0.0455. The van der Waals surface area contributed by atoms with E-state index in [4.69, 9.17) is 0 Å². The van der Waals surface area contributed by atoms with Crippen LogP contribution in [-0.4, -0.2) is 4.57 Å². The van der Waals surface area contributed by atoms with Crippen molar-refractivity contribution in [2.45, 2.75) is 12.8 Å². The van der Waals surface area contributed by atoms with Crippen LogP contribution in [0.1, 0.15) is 22.3 Å². The molecule has 3 heteroatoms. The van der Waals surface area contributed by atoms with Crippen LogP contribution in [-0.2, 0) is 12.8 Å². The van der Waals surface area contributed by atoms with Crippen LogP contribution in [0, 0.1) is 0 Å². The maximum Gasteiger partial charge on any atom is 0.109 e. The summed E-state index contributed by atoms with van der Waals surface area (Å²) >= 11 is 3.77. The Kier molecular flexibility index (Phi) is 7.07. The van der Waals surface area contributed by atoms with Gasteiger partial charge in [-0.2, -0.15) is 0 Å². The standard InChI is InChI=1S/C44H31NS2/c1-3-11-30(12-4-1)15-9-17-32-21-24-36-39(27-32)45(34-23-26-41-38(29-34)35-19-7-8-20-40(35)46-41)44-43(36)37-25-22-33(28-42(37)47-44)18-10-16-31-13-5-2-6-14-31/h1-14,17-29H,15-16H2. The second-order valence-corrected chi connectivity index (χ2v) is 14.2. The fourth-order valence-electron chi connectivity index (χ4n) is 6.78. The van der Waals surface area contributed by atoms with Crippen molar-refractivity contribution in [3.05, 3.63) is 174 Å². The predicted octanol–water partition coefficient (Wildman–Crippen LogP) is 12.9. The van der Waals surface area contributed by atoms with Crippen molar-refractivity contribution < 1.29 is 0 Å². The highest BCUT2D eigenvalue weighted by molar-refractivity contribution is 7.26. The van der Waals surface area contributed by atoms with Crippen molar-refractivity contribution in [1.82, 2.24) is 4.57 Å². The highest BCUT2D eigenvalue weighted by Gasteiger charge is 2.19. The lowest BCUT2D eigenvalue weighted by molar-refractivity contribution is 1.20. The van der Waals surface area contributed by atoms with Gasteiger partial charge in [-0.3, -0.25) is 0 Å². The third-order valence-electron chi connectivity index (χ3n) is 9.06. The number of hydrogen-bond acceptors (Lipinski definition) is 2. The summed E-state index contributed by atoms with van der Waals surface area (Å²) in [6.07, 6.45) is 10.9. The molecule has 0 atom stereocenters. The van der Waals surface area contributed by atoms with Crippen LogP contribution in [0.5, 0.6) is 0 Å². The van der Waals surface area contributed by atoms with Crippen molar-refractivity contribution >= 4 is 86.2 Å². The summed E-state index contributed by atoms with van der Waals surface area (Å²) in [5, 5.41) is 6.62. The summed E-state index contributed by atoms with van der Waals surface area (Å²) in [4.78, 5) is 1.30. The van der Waals surface area contributed by atoms with Crippen LogP contribution in [0.25, 0.3) is 69.2 Å². The third kappa shape index (κ3) is 5.18. The maximum absolute atomic E-state index is 2.50. The van der Waals surface area contributed by atoms with Gasteiger partial charge in [0.25, 0.3) is 0 Å². The van der Waals surface area contributed by atoms with Gasteiger partial charge in [0.15, 0.2) is 0 Å². The van der Waals surface area contributed by atoms with E-state index in [1.807, 2.05) is 22.7 Å². The molecule has 0 aliphatic carbocycles. The minimum Gasteiger partial charge on any atom is -0.301 e. The van der Waals surface area contributed by atoms with E-state index in [1.165, 1.54) is 79.3 Å². The topological polar surface area (TPSA) is 4.93 Å². The minimum absolute atomic E-state index is 0.920. The Morgan fingerprint density at radius 3 is 1.85 bits per heavy atom. The van der Waals surface area contributed by atoms with Gasteiger partial charge in [0, 0.05) is 46.7 Å². The van der Waals surface area contributed by atoms with Gasteiger partial charge in [0.1, 0.15) is 4.83 Å². The Labute approximate surface area is 282 Å². The summed E-state index contributed by atoms with van der Waals surface area (Å²) in [6, 6.07) is 51.0. The molecule has 0 amide bonds. The average molecular weight is 638 g/mol. The van der Waals surface area contributed by atoms with Crippen LogP contribution in [0.3, 0.4) is 0 Å². The zero-order chi connectivity index (χ0) is 31.2. The Hall–Kier alpha value is -5.22. The first-order valence-electron chi connectivity index (χ1n) is 16.1. The van der Waals surface area contributed by atoms with E-state index in [1.54, 1.807) is 0 Å². The van der Waals surface area contributed by atoms with E-state index in [0.717, 1.165) is 12.8 Å². The molecular formula is C44H31NS2. The number of thiophene rings is 2. The Bertz CT molecular complexity index is 2610. The lowest BCUT2D eigenvalue weighted by atomic mass is 10.1. The molecule has 0 aliphatic rings. The first kappa shape index (κ1) is 28.0. The highest BCUT2D eigenvalue weighted by atomic mass is 32.1. The molecule has 9 aromatic rings. The van der Waals surface area contributed by atoms with E-state index in [2.05, 4.69) is 168 Å². The fourth-order valence-corrected chi connectivity index (χ4v) is 9.17. The molecule has 0 saturated heterocycles. The van der Waals surface area contributed by atoms with Crippen LogP contribution in [0.15, 0.2) is 152 Å². The molecule has 0 saturated carbocycles. The summed E-state index contributed by atoms with van der Waals surface area (Å²) in [6.45, 7) is 0. The van der Waals surface area contributed by atoms with Crippen LogP contribution >= 0.6 is 22.7 Å². The second-order valence-electron chi connectivity index (χ2n) is 12.1. The van der Waals surface area contributed by atoms with E-state index in [9.17, 15) is 0 Å². The predicted molar refractivity (Wildman–Crippen MR) is 207 cm³/mol. The molecule has 0 radical (unpaired) electrons. The lowest BCUT2D eigenvalue weighted by Crippen LogP contribution is -1.92. The molecule has 0 N–H and O–H groups in total. The largest absolute Gasteiger partial charge is 0.301 e. The molecule has 6 aromatic carbocycles. The summed E-state index contributed by atoms with van der Waals surface area (Å²) in [5.74, 6) is 0. The second kappa shape index (κ2) is 11.9. The van der Waals surface area contributed by atoms with E-state index in [-0.39, 0.29) is 0 Å². The molecule has 0 fully saturated rings. The van der Waals surface area contributed by atoms with Gasteiger partial charge in [-0.25, -0.2) is 0 Å². The normalized spacial score (nSPS) is 12.3. The maximum atomic E-state index is 2.50. The number of fused-ring (bicyclic) bond motifs is 8. The molecule has 47 heavy (non-hydrogen) atoms. The van der Waals surface area contributed by atoms with E-state index < -0.39 is 0 Å². The zero-order valence-electron chi connectivity index (χ0n) is 25.8. The van der Waals surface area contributed by atoms with Gasteiger partial charge in [-0.1, -0.05) is 127 Å². The molecule has 224 valence electrons. The molecule has 9 rings (SSSR count). The highest BCUT2D eigenvalue weighted by Crippen LogP contribution is 2.44. The van der Waals surface area contributed by atoms with E-state index >= 15 is 0 Å². The average Bonchev–Trinajstić information content (AvgIpc) is 3.77. The zero-order valence-corrected chi connectivity index (χ0v) is 27.4. The van der Waals surface area contributed by atoms with Crippen LogP contribution in [0.2, 0.25) is 0 Å². The van der Waals surface area contributed by atoms with Gasteiger partial charge in [-0.05, 0) is 71.5 Å². The number of aromatic nitrogens is 1. The molecule has 0 spiro atoms. The van der Waals surface area contributed by atoms with Crippen molar-refractivity contribution in [1.29, 1.82) is 0 Å². The van der Waals surface area contributed by atoms with Gasteiger partial charge in [0.05, 0.1) is 5.52 Å². The number of rotatable bonds is 7. The van der Waals surface area contributed by atoms with E-state index in [0.29, 0.717) is 0 Å². The van der Waals surface area contributed by atoms with Gasteiger partial charge in [-0.15, -0.1) is 22.7 Å². The SMILES string of the molecule is C(=Cc1ccc2c(c1)sc1c2c2ccc(C=CCc3ccccc3)cc2n1-c1ccc2sc3ccccc3c2c1)Cc1ccccc1. The van der Waals surface area contributed by atoms with Crippen LogP contribution in [0.4, 0.5) is 0 Å². The van der Waals surface area contributed by atoms with Crippen LogP contribution < -0.4 is 0 Å². The van der Waals surface area contributed by atoms with Gasteiger partial charge >= 0.3 is 0 Å². The monoisotopic (exact) mass is 637 g/mol. The van der Waals surface area contributed by atoms with Crippen molar-refractivity contribution in [3.63, 3.8) is 0 Å². The van der Waals surface area contributed by atoms with Crippen molar-refractivity contribution in [3.8, 4) is 5.69 Å². The first-order valence-corrected chi connectivity index (χ1v) is 17.8. The molecule has 0 bridgehead atoms. The van der Waals surface area contributed by atoms with Crippen molar-refractivity contribution in [2.24, 2.45) is 0 Å². The quantitative estimate of drug-likeness (QED) is 0.164. The van der Waals surface area contributed by atoms with Crippen molar-refractivity contribution in [2.75, 3.05) is 0 Å². The smallest absolute Gasteiger partial charge is 0.109 e. The number of allylic oxidation sites excluding steroid dienone is 2. The number of hydrogen-bond donors (Lipinski definition) is 0. The molecular weight excluding hydrogens is 607 g/mol. The van der Waals surface area contributed by atoms with Gasteiger partial charge in [0.2, 0.25) is 0 Å². The third-order valence-corrected chi connectivity index (χ3v) is 11.4. The lowest BCUT2D eigenvalue weighted by Gasteiger charge is -2.08. The first-order chi connectivity index (χ1) is 23.3. The summed E-state index contributed by atoms with van der Waals surface area (Å²) < 4.78 is 6.49. The number of benzene rings is 6. The van der Waals surface area contributed by atoms with Gasteiger partial charge < -0.3 is 4.57 Å². The molecule has 0 aliphatic heterocycles. The molecule has 1 nitrogen and oxygen atoms in total. The Balaban J connectivity index is 1.19. The number of nitrogens with zero attached hydrogens (tertiary/aromatic N) is 1. The molecule has 3 aromatic heterocycles. The summed E-state index contributed by atoms with van der Waals surface area (Å²) in [7, 11) is 0. The minimum atomic E-state index is 0.920.